The molecule has 0 unspecified atom stereocenters. The molecule has 134 valence electrons. The van der Waals surface area contributed by atoms with E-state index in [9.17, 15) is 9.90 Å². The number of aliphatic hydroxyl groups is 1. The zero-order chi connectivity index (χ0) is 17.2. The molecule has 1 aliphatic heterocycles. The van der Waals surface area contributed by atoms with Crippen molar-refractivity contribution in [2.75, 3.05) is 19.7 Å². The molecule has 0 spiro atoms. The molecule has 0 aromatic carbocycles. The summed E-state index contributed by atoms with van der Waals surface area (Å²) in [6, 6.07) is 4.33. The van der Waals surface area contributed by atoms with E-state index in [1.807, 2.05) is 19.9 Å². The van der Waals surface area contributed by atoms with Crippen LogP contribution in [0.5, 0.6) is 0 Å². The number of furan rings is 1. The fourth-order valence-corrected chi connectivity index (χ4v) is 4.16. The van der Waals surface area contributed by atoms with Crippen molar-refractivity contribution in [3.8, 4) is 0 Å². The molecule has 3 rings (SSSR count). The Labute approximate surface area is 144 Å². The lowest BCUT2D eigenvalue weighted by Gasteiger charge is -2.39. The average Bonchev–Trinajstić information content (AvgIpc) is 3.16. The van der Waals surface area contributed by atoms with Gasteiger partial charge in [-0.25, -0.2) is 0 Å². The molecule has 1 aromatic rings. The van der Waals surface area contributed by atoms with Crippen molar-refractivity contribution < 1.29 is 19.1 Å². The van der Waals surface area contributed by atoms with Crippen LogP contribution in [0.15, 0.2) is 16.5 Å². The van der Waals surface area contributed by atoms with E-state index in [1.54, 1.807) is 0 Å². The van der Waals surface area contributed by atoms with Crippen molar-refractivity contribution in [3.05, 3.63) is 23.7 Å². The van der Waals surface area contributed by atoms with Crippen LogP contribution in [0.4, 0.5) is 0 Å². The number of carbonyl (C=O) groups is 1. The Hall–Kier alpha value is -1.33. The predicted molar refractivity (Wildman–Crippen MR) is 90.5 cm³/mol. The summed E-state index contributed by atoms with van der Waals surface area (Å²) >= 11 is 0. The van der Waals surface area contributed by atoms with Gasteiger partial charge in [0.1, 0.15) is 11.5 Å². The zero-order valence-corrected chi connectivity index (χ0v) is 14.8. The Morgan fingerprint density at radius 3 is 2.75 bits per heavy atom. The Bertz CT molecular complexity index is 559. The molecule has 1 saturated heterocycles. The van der Waals surface area contributed by atoms with Crippen molar-refractivity contribution in [1.29, 1.82) is 0 Å². The van der Waals surface area contributed by atoms with E-state index in [0.29, 0.717) is 38.8 Å². The number of nitrogens with zero attached hydrogens (tertiary/aromatic N) is 1. The minimum Gasteiger partial charge on any atom is -0.466 e. The van der Waals surface area contributed by atoms with Crippen molar-refractivity contribution in [3.63, 3.8) is 0 Å². The molecule has 1 aromatic heterocycles. The molecule has 1 atom stereocenters. The second-order valence-electron chi connectivity index (χ2n) is 7.33. The Morgan fingerprint density at radius 1 is 1.38 bits per heavy atom. The van der Waals surface area contributed by atoms with Gasteiger partial charge in [-0.15, -0.1) is 0 Å². The third kappa shape index (κ3) is 3.83. The molecule has 1 saturated carbocycles. The summed E-state index contributed by atoms with van der Waals surface area (Å²) in [5.74, 6) is 1.79. The van der Waals surface area contributed by atoms with Crippen molar-refractivity contribution in [1.82, 2.24) is 4.90 Å². The molecule has 5 nitrogen and oxygen atoms in total. The number of likely N-dealkylation sites (tertiary alicyclic amines) is 1. The quantitative estimate of drug-likeness (QED) is 0.837. The van der Waals surface area contributed by atoms with Crippen LogP contribution in [-0.2, 0) is 9.53 Å². The lowest BCUT2D eigenvalue weighted by Crippen LogP contribution is -2.46. The van der Waals surface area contributed by atoms with Crippen LogP contribution in [0.1, 0.15) is 63.0 Å². The molecular formula is C19H29NO4. The first kappa shape index (κ1) is 17.5. The fourth-order valence-electron chi connectivity index (χ4n) is 4.16. The monoisotopic (exact) mass is 335 g/mol. The average molecular weight is 335 g/mol. The number of esters is 1. The highest BCUT2D eigenvalue weighted by molar-refractivity contribution is 5.72. The van der Waals surface area contributed by atoms with E-state index in [2.05, 4.69) is 11.0 Å². The second-order valence-corrected chi connectivity index (χ2v) is 7.33. The van der Waals surface area contributed by atoms with Crippen LogP contribution < -0.4 is 0 Å². The molecule has 0 bridgehead atoms. The summed E-state index contributed by atoms with van der Waals surface area (Å²) in [7, 11) is 0. The number of ether oxygens (including phenoxy) is 1. The van der Waals surface area contributed by atoms with Crippen LogP contribution in [0, 0.1) is 12.8 Å². The van der Waals surface area contributed by atoms with Gasteiger partial charge in [0.15, 0.2) is 0 Å². The number of hydrogen-bond acceptors (Lipinski definition) is 5. The smallest absolute Gasteiger partial charge is 0.308 e. The highest BCUT2D eigenvalue weighted by Gasteiger charge is 2.40. The zero-order valence-electron chi connectivity index (χ0n) is 14.8. The molecular weight excluding hydrogens is 306 g/mol. The van der Waals surface area contributed by atoms with E-state index >= 15 is 0 Å². The molecule has 2 fully saturated rings. The standard InChI is InChI=1S/C19H29NO4/c1-3-23-18(21)15-8-10-19(22,11-9-15)13-20-12-4-5-16(20)17-7-6-14(2)24-17/h6-7,15-16,22H,3-5,8-13H2,1-2H3/t15?,16-,19?/m0/s1. The fraction of sp³-hybridized carbons (Fsp3) is 0.737. The van der Waals surface area contributed by atoms with Crippen LogP contribution in [0.3, 0.4) is 0 Å². The number of rotatable bonds is 5. The van der Waals surface area contributed by atoms with Gasteiger partial charge in [0.2, 0.25) is 0 Å². The molecule has 0 radical (unpaired) electrons. The molecule has 2 heterocycles. The van der Waals surface area contributed by atoms with Gasteiger partial charge in [-0.05, 0) is 71.0 Å². The van der Waals surface area contributed by atoms with E-state index in [4.69, 9.17) is 9.15 Å². The SMILES string of the molecule is CCOC(=O)C1CCC(O)(CN2CCC[C@H]2c2ccc(C)o2)CC1. The van der Waals surface area contributed by atoms with E-state index in [-0.39, 0.29) is 17.9 Å². The van der Waals surface area contributed by atoms with E-state index in [1.165, 1.54) is 0 Å². The Morgan fingerprint density at radius 2 is 2.12 bits per heavy atom. The van der Waals surface area contributed by atoms with Crippen LogP contribution in [0.2, 0.25) is 0 Å². The lowest BCUT2D eigenvalue weighted by molar-refractivity contribution is -0.151. The van der Waals surface area contributed by atoms with Crippen LogP contribution >= 0.6 is 0 Å². The van der Waals surface area contributed by atoms with Crippen molar-refractivity contribution >= 4 is 5.97 Å². The summed E-state index contributed by atoms with van der Waals surface area (Å²) in [5, 5.41) is 11.0. The molecule has 24 heavy (non-hydrogen) atoms. The summed E-state index contributed by atoms with van der Waals surface area (Å²) in [6.45, 7) is 5.88. The summed E-state index contributed by atoms with van der Waals surface area (Å²) in [4.78, 5) is 14.2. The van der Waals surface area contributed by atoms with Crippen molar-refractivity contribution in [2.24, 2.45) is 5.92 Å². The largest absolute Gasteiger partial charge is 0.466 e. The Kier molecular flexibility index (Phi) is 5.30. The summed E-state index contributed by atoms with van der Waals surface area (Å²) < 4.78 is 10.9. The van der Waals surface area contributed by atoms with Gasteiger partial charge in [0, 0.05) is 6.54 Å². The third-order valence-corrected chi connectivity index (χ3v) is 5.49. The first-order valence-corrected chi connectivity index (χ1v) is 9.20. The van der Waals surface area contributed by atoms with E-state index in [0.717, 1.165) is 30.9 Å². The van der Waals surface area contributed by atoms with E-state index < -0.39 is 5.60 Å². The minimum absolute atomic E-state index is 0.0488. The van der Waals surface area contributed by atoms with Gasteiger partial charge in [-0.1, -0.05) is 0 Å². The highest BCUT2D eigenvalue weighted by atomic mass is 16.5. The molecule has 0 amide bonds. The Balaban J connectivity index is 1.58. The lowest BCUT2D eigenvalue weighted by atomic mass is 9.78. The number of aryl methyl sites for hydroxylation is 1. The number of β-amino-alcohol motifs (C(OH)–C–C–N with tert-alkyl or cyclic N) is 1. The van der Waals surface area contributed by atoms with Gasteiger partial charge >= 0.3 is 5.97 Å². The maximum Gasteiger partial charge on any atom is 0.308 e. The predicted octanol–water partition coefficient (Wildman–Crippen LogP) is 3.21. The first-order valence-electron chi connectivity index (χ1n) is 9.20. The van der Waals surface area contributed by atoms with Gasteiger partial charge in [-0.2, -0.15) is 0 Å². The number of hydrogen-bond donors (Lipinski definition) is 1. The molecule has 5 heteroatoms. The molecule has 2 aliphatic rings. The minimum atomic E-state index is -0.701. The van der Waals surface area contributed by atoms with Gasteiger partial charge in [0.25, 0.3) is 0 Å². The van der Waals surface area contributed by atoms with Gasteiger partial charge < -0.3 is 14.3 Å². The van der Waals surface area contributed by atoms with Gasteiger partial charge in [0.05, 0.1) is 24.2 Å². The first-order chi connectivity index (χ1) is 11.5. The highest BCUT2D eigenvalue weighted by Crippen LogP contribution is 2.38. The maximum atomic E-state index is 11.9. The normalized spacial score (nSPS) is 31.3. The van der Waals surface area contributed by atoms with Crippen LogP contribution in [0.25, 0.3) is 0 Å². The maximum absolute atomic E-state index is 11.9. The van der Waals surface area contributed by atoms with Crippen molar-refractivity contribution in [2.45, 2.75) is 64.0 Å². The van der Waals surface area contributed by atoms with Crippen LogP contribution in [-0.4, -0.2) is 41.3 Å². The summed E-state index contributed by atoms with van der Waals surface area (Å²) in [5.41, 5.74) is -0.701. The molecule has 1 aliphatic carbocycles. The topological polar surface area (TPSA) is 62.9 Å². The summed E-state index contributed by atoms with van der Waals surface area (Å²) in [6.07, 6.45) is 4.97. The second kappa shape index (κ2) is 7.28. The third-order valence-electron chi connectivity index (χ3n) is 5.49. The number of carbonyl (C=O) groups excluding carboxylic acids is 1. The van der Waals surface area contributed by atoms with Gasteiger partial charge in [-0.3, -0.25) is 9.69 Å². The molecule has 1 N–H and O–H groups in total.